The maximum atomic E-state index is 11.4. The van der Waals surface area contributed by atoms with Crippen LogP contribution >= 0.6 is 0 Å². The van der Waals surface area contributed by atoms with Crippen molar-refractivity contribution in [2.75, 3.05) is 20.7 Å². The number of ether oxygens (including phenoxy) is 1. The molecule has 2 bridgehead atoms. The van der Waals surface area contributed by atoms with Crippen LogP contribution in [-0.4, -0.2) is 48.6 Å². The summed E-state index contributed by atoms with van der Waals surface area (Å²) in [6, 6.07) is 5.31. The van der Waals surface area contributed by atoms with Gasteiger partial charge in [0.2, 0.25) is 0 Å². The van der Waals surface area contributed by atoms with Gasteiger partial charge in [0, 0.05) is 24.3 Å². The molecule has 2 N–H and O–H groups in total. The summed E-state index contributed by atoms with van der Waals surface area (Å²) in [4.78, 5) is 17.0. The van der Waals surface area contributed by atoms with Crippen molar-refractivity contribution in [3.8, 4) is 0 Å². The van der Waals surface area contributed by atoms with Crippen LogP contribution in [0.2, 0.25) is 0 Å². The molecule has 0 spiro atoms. The lowest BCUT2D eigenvalue weighted by molar-refractivity contribution is 0.0594. The Balaban J connectivity index is 1.44. The van der Waals surface area contributed by atoms with Crippen LogP contribution in [0.25, 0.3) is 0 Å². The number of carbonyl (C=O) groups is 1. The third-order valence-corrected chi connectivity index (χ3v) is 5.10. The van der Waals surface area contributed by atoms with Crippen LogP contribution in [0.15, 0.2) is 12.1 Å². The summed E-state index contributed by atoms with van der Waals surface area (Å²) in [7, 11) is 3.68. The van der Waals surface area contributed by atoms with Gasteiger partial charge in [-0.1, -0.05) is 0 Å². The first-order chi connectivity index (χ1) is 10.2. The molecule has 0 radical (unpaired) electrons. The van der Waals surface area contributed by atoms with Crippen LogP contribution in [0.1, 0.15) is 41.9 Å². The summed E-state index contributed by atoms with van der Waals surface area (Å²) >= 11 is 0. The van der Waals surface area contributed by atoms with Crippen molar-refractivity contribution in [3.05, 3.63) is 23.5 Å². The van der Waals surface area contributed by atoms with Gasteiger partial charge in [-0.2, -0.15) is 0 Å². The SMILES string of the molecule is COC(=O)c1ccc(CNCC2CC3CCC(C2)N3C)[nH]1. The number of nitrogens with one attached hydrogen (secondary N) is 2. The number of H-pyrrole nitrogens is 1. The van der Waals surface area contributed by atoms with Crippen LogP contribution in [-0.2, 0) is 11.3 Å². The summed E-state index contributed by atoms with van der Waals surface area (Å²) < 4.78 is 4.69. The molecule has 0 aliphatic carbocycles. The quantitative estimate of drug-likeness (QED) is 0.812. The van der Waals surface area contributed by atoms with Crippen LogP contribution in [0, 0.1) is 5.92 Å². The van der Waals surface area contributed by atoms with Gasteiger partial charge in [0.1, 0.15) is 5.69 Å². The largest absolute Gasteiger partial charge is 0.464 e. The van der Waals surface area contributed by atoms with Crippen molar-refractivity contribution in [1.29, 1.82) is 0 Å². The summed E-state index contributed by atoms with van der Waals surface area (Å²) in [6.07, 6.45) is 5.38. The van der Waals surface area contributed by atoms with Gasteiger partial charge < -0.3 is 19.9 Å². The fraction of sp³-hybridized carbons (Fsp3) is 0.688. The zero-order chi connectivity index (χ0) is 14.8. The smallest absolute Gasteiger partial charge is 0.354 e. The van der Waals surface area contributed by atoms with E-state index in [1.165, 1.54) is 32.8 Å². The highest BCUT2D eigenvalue weighted by molar-refractivity contribution is 5.87. The van der Waals surface area contributed by atoms with E-state index >= 15 is 0 Å². The molecule has 116 valence electrons. The highest BCUT2D eigenvalue weighted by Crippen LogP contribution is 2.36. The molecule has 2 fully saturated rings. The number of fused-ring (bicyclic) bond motifs is 2. The van der Waals surface area contributed by atoms with Crippen molar-refractivity contribution in [2.45, 2.75) is 44.3 Å². The number of hydrogen-bond acceptors (Lipinski definition) is 4. The predicted octanol–water partition coefficient (Wildman–Crippen LogP) is 1.76. The maximum absolute atomic E-state index is 11.4. The van der Waals surface area contributed by atoms with Gasteiger partial charge in [-0.25, -0.2) is 4.79 Å². The van der Waals surface area contributed by atoms with E-state index in [0.29, 0.717) is 5.69 Å². The number of hydrogen-bond donors (Lipinski definition) is 2. The number of esters is 1. The third-order valence-electron chi connectivity index (χ3n) is 5.10. The highest BCUT2D eigenvalue weighted by Gasteiger charge is 2.37. The molecule has 2 aliphatic rings. The topological polar surface area (TPSA) is 57.4 Å². The Morgan fingerprint density at radius 1 is 1.38 bits per heavy atom. The molecule has 2 saturated heterocycles. The van der Waals surface area contributed by atoms with Gasteiger partial charge in [-0.05, 0) is 57.3 Å². The molecular formula is C16H25N3O2. The lowest BCUT2D eigenvalue weighted by Gasteiger charge is -2.36. The van der Waals surface area contributed by atoms with Gasteiger partial charge >= 0.3 is 5.97 Å². The Morgan fingerprint density at radius 2 is 2.10 bits per heavy atom. The van der Waals surface area contributed by atoms with Crippen LogP contribution in [0.3, 0.4) is 0 Å². The van der Waals surface area contributed by atoms with Crippen molar-refractivity contribution in [2.24, 2.45) is 5.92 Å². The number of aromatic amines is 1. The Hall–Kier alpha value is -1.33. The third kappa shape index (κ3) is 3.14. The Labute approximate surface area is 126 Å². The van der Waals surface area contributed by atoms with Crippen LogP contribution in [0.4, 0.5) is 0 Å². The molecular weight excluding hydrogens is 266 g/mol. The minimum atomic E-state index is -0.312. The van der Waals surface area contributed by atoms with E-state index in [9.17, 15) is 4.79 Å². The van der Waals surface area contributed by atoms with E-state index in [0.717, 1.165) is 36.8 Å². The predicted molar refractivity (Wildman–Crippen MR) is 81.1 cm³/mol. The molecule has 3 heterocycles. The normalized spacial score (nSPS) is 28.8. The van der Waals surface area contributed by atoms with Gasteiger partial charge in [0.05, 0.1) is 7.11 Å². The van der Waals surface area contributed by atoms with Crippen molar-refractivity contribution >= 4 is 5.97 Å². The Bertz CT molecular complexity index is 485. The molecule has 2 aliphatic heterocycles. The molecule has 5 nitrogen and oxygen atoms in total. The monoisotopic (exact) mass is 291 g/mol. The molecule has 5 heteroatoms. The average molecular weight is 291 g/mol. The second-order valence-electron chi connectivity index (χ2n) is 6.41. The summed E-state index contributed by atoms with van der Waals surface area (Å²) in [6.45, 7) is 1.84. The first-order valence-corrected chi connectivity index (χ1v) is 7.86. The number of nitrogens with zero attached hydrogens (tertiary/aromatic N) is 1. The molecule has 1 aromatic heterocycles. The molecule has 1 aromatic rings. The van der Waals surface area contributed by atoms with Gasteiger partial charge in [0.15, 0.2) is 0 Å². The number of carbonyl (C=O) groups excluding carboxylic acids is 1. The van der Waals surface area contributed by atoms with Crippen molar-refractivity contribution < 1.29 is 9.53 Å². The maximum Gasteiger partial charge on any atom is 0.354 e. The molecule has 0 saturated carbocycles. The zero-order valence-corrected chi connectivity index (χ0v) is 12.9. The van der Waals surface area contributed by atoms with Crippen molar-refractivity contribution in [1.82, 2.24) is 15.2 Å². The lowest BCUT2D eigenvalue weighted by Crippen LogP contribution is -2.42. The van der Waals surface area contributed by atoms with E-state index in [-0.39, 0.29) is 5.97 Å². The first kappa shape index (κ1) is 14.6. The van der Waals surface area contributed by atoms with Gasteiger partial charge in [0.25, 0.3) is 0 Å². The van der Waals surface area contributed by atoms with E-state index in [4.69, 9.17) is 4.74 Å². The Morgan fingerprint density at radius 3 is 2.76 bits per heavy atom. The highest BCUT2D eigenvalue weighted by atomic mass is 16.5. The summed E-state index contributed by atoms with van der Waals surface area (Å²) in [5.74, 6) is 0.474. The molecule has 0 amide bonds. The van der Waals surface area contributed by atoms with E-state index < -0.39 is 0 Å². The van der Waals surface area contributed by atoms with Gasteiger partial charge in [-0.15, -0.1) is 0 Å². The molecule has 0 aromatic carbocycles. The minimum absolute atomic E-state index is 0.312. The van der Waals surface area contributed by atoms with Gasteiger partial charge in [-0.3, -0.25) is 0 Å². The summed E-state index contributed by atoms with van der Waals surface area (Å²) in [5.41, 5.74) is 1.55. The molecule has 21 heavy (non-hydrogen) atoms. The average Bonchev–Trinajstić information content (AvgIpc) is 3.01. The Kier molecular flexibility index (Phi) is 4.31. The van der Waals surface area contributed by atoms with E-state index in [1.807, 2.05) is 6.07 Å². The zero-order valence-electron chi connectivity index (χ0n) is 12.9. The standard InChI is InChI=1S/C16H25N3O2/c1-19-13-4-5-14(19)8-11(7-13)9-17-10-12-3-6-15(18-12)16(20)21-2/h3,6,11,13-14,17-18H,4-5,7-10H2,1-2H3. The van der Waals surface area contributed by atoms with Crippen molar-refractivity contribution in [3.63, 3.8) is 0 Å². The fourth-order valence-electron chi connectivity index (χ4n) is 3.87. The summed E-state index contributed by atoms with van der Waals surface area (Å²) in [5, 5.41) is 3.52. The molecule has 2 unspecified atom stereocenters. The fourth-order valence-corrected chi connectivity index (χ4v) is 3.87. The van der Waals surface area contributed by atoms with Crippen LogP contribution in [0.5, 0.6) is 0 Å². The molecule has 2 atom stereocenters. The minimum Gasteiger partial charge on any atom is -0.464 e. The number of methoxy groups -OCH3 is 1. The molecule has 3 rings (SSSR count). The van der Waals surface area contributed by atoms with E-state index in [1.54, 1.807) is 6.07 Å². The van der Waals surface area contributed by atoms with Crippen LogP contribution < -0.4 is 5.32 Å². The van der Waals surface area contributed by atoms with E-state index in [2.05, 4.69) is 22.2 Å². The lowest BCUT2D eigenvalue weighted by atomic mass is 9.91. The number of aromatic nitrogens is 1. The number of rotatable bonds is 5. The second-order valence-corrected chi connectivity index (χ2v) is 6.41. The number of piperidine rings is 1. The first-order valence-electron chi connectivity index (χ1n) is 7.86. The second kappa shape index (κ2) is 6.20.